The first-order valence-corrected chi connectivity index (χ1v) is 21.3. The highest BCUT2D eigenvalue weighted by molar-refractivity contribution is 7.25. The molecule has 0 aliphatic rings. The SMILES string of the molecule is c1ccc(-c2ccc(N(c3ccc(-c4ccc(-c5ccccc5)c(-c5ccc6sc7ccccc7c6c5)c4)cc3)c3ccc(-c4cccc5ccccc45)cc3)cc2)cc1. The molecule has 11 aromatic rings. The smallest absolute Gasteiger partial charge is 0.0462 e. The highest BCUT2D eigenvalue weighted by Gasteiger charge is 2.16. The van der Waals surface area contributed by atoms with E-state index in [1.54, 1.807) is 0 Å². The molecule has 0 aliphatic heterocycles. The fourth-order valence-corrected chi connectivity index (χ4v) is 9.76. The Morgan fingerprint density at radius 3 is 1.43 bits per heavy atom. The van der Waals surface area contributed by atoms with Crippen LogP contribution in [-0.2, 0) is 0 Å². The van der Waals surface area contributed by atoms with E-state index >= 15 is 0 Å². The van der Waals surface area contributed by atoms with Crippen LogP contribution in [0, 0.1) is 0 Å². The molecule has 10 aromatic carbocycles. The van der Waals surface area contributed by atoms with Crippen molar-refractivity contribution >= 4 is 59.3 Å². The number of fused-ring (bicyclic) bond motifs is 4. The molecule has 0 saturated carbocycles. The molecule has 2 heteroatoms. The van der Waals surface area contributed by atoms with Crippen molar-refractivity contribution in [3.05, 3.63) is 237 Å². The van der Waals surface area contributed by atoms with Gasteiger partial charge in [0.25, 0.3) is 0 Å². The third-order valence-electron chi connectivity index (χ3n) is 11.7. The molecule has 0 bridgehead atoms. The van der Waals surface area contributed by atoms with Gasteiger partial charge in [-0.05, 0) is 127 Å². The second-order valence-corrected chi connectivity index (χ2v) is 16.4. The lowest BCUT2D eigenvalue weighted by Crippen LogP contribution is -2.09. The second kappa shape index (κ2) is 15.3. The summed E-state index contributed by atoms with van der Waals surface area (Å²) in [7, 11) is 0. The Bertz CT molecular complexity index is 3270. The van der Waals surface area contributed by atoms with E-state index in [-0.39, 0.29) is 0 Å². The maximum Gasteiger partial charge on any atom is 0.0462 e. The summed E-state index contributed by atoms with van der Waals surface area (Å²) in [5.41, 5.74) is 15.4. The van der Waals surface area contributed by atoms with Gasteiger partial charge in [0.1, 0.15) is 0 Å². The summed E-state index contributed by atoms with van der Waals surface area (Å²) in [5, 5.41) is 5.13. The largest absolute Gasteiger partial charge is 0.311 e. The maximum absolute atomic E-state index is 2.38. The van der Waals surface area contributed by atoms with Crippen LogP contribution in [0.2, 0.25) is 0 Å². The van der Waals surface area contributed by atoms with Crippen LogP contribution in [0.25, 0.3) is 86.6 Å². The van der Waals surface area contributed by atoms with Crippen molar-refractivity contribution in [2.75, 3.05) is 4.90 Å². The number of rotatable bonds is 8. The number of hydrogen-bond acceptors (Lipinski definition) is 2. The quantitative estimate of drug-likeness (QED) is 0.148. The van der Waals surface area contributed by atoms with E-state index in [1.165, 1.54) is 86.6 Å². The van der Waals surface area contributed by atoms with Gasteiger partial charge >= 0.3 is 0 Å². The van der Waals surface area contributed by atoms with Gasteiger partial charge in [0.2, 0.25) is 0 Å². The van der Waals surface area contributed by atoms with E-state index in [0.29, 0.717) is 0 Å². The van der Waals surface area contributed by atoms with Crippen molar-refractivity contribution in [1.82, 2.24) is 0 Å². The fourth-order valence-electron chi connectivity index (χ4n) is 8.68. The minimum atomic E-state index is 1.10. The van der Waals surface area contributed by atoms with Gasteiger partial charge in [-0.15, -0.1) is 11.3 Å². The van der Waals surface area contributed by atoms with Gasteiger partial charge < -0.3 is 4.90 Å². The second-order valence-electron chi connectivity index (χ2n) is 15.3. The molecule has 60 heavy (non-hydrogen) atoms. The highest BCUT2D eigenvalue weighted by Crippen LogP contribution is 2.42. The summed E-state index contributed by atoms with van der Waals surface area (Å²) in [6, 6.07) is 86.1. The molecule has 0 aliphatic carbocycles. The number of anilines is 3. The van der Waals surface area contributed by atoms with Crippen molar-refractivity contribution in [3.63, 3.8) is 0 Å². The van der Waals surface area contributed by atoms with Gasteiger partial charge in [0.05, 0.1) is 0 Å². The molecule has 0 radical (unpaired) electrons. The third kappa shape index (κ3) is 6.63. The maximum atomic E-state index is 2.38. The van der Waals surface area contributed by atoms with E-state index in [9.17, 15) is 0 Å². The zero-order chi connectivity index (χ0) is 39.8. The minimum Gasteiger partial charge on any atom is -0.311 e. The zero-order valence-corrected chi connectivity index (χ0v) is 33.7. The lowest BCUT2D eigenvalue weighted by Gasteiger charge is -2.26. The topological polar surface area (TPSA) is 3.24 Å². The summed E-state index contributed by atoms with van der Waals surface area (Å²) in [5.74, 6) is 0. The van der Waals surface area contributed by atoms with E-state index in [1.807, 2.05) is 11.3 Å². The van der Waals surface area contributed by atoms with Crippen molar-refractivity contribution in [2.24, 2.45) is 0 Å². The molecule has 0 N–H and O–H groups in total. The first-order valence-electron chi connectivity index (χ1n) is 20.5. The van der Waals surface area contributed by atoms with Crippen molar-refractivity contribution in [1.29, 1.82) is 0 Å². The zero-order valence-electron chi connectivity index (χ0n) is 32.9. The summed E-state index contributed by atoms with van der Waals surface area (Å²) < 4.78 is 2.64. The molecule has 11 rings (SSSR count). The van der Waals surface area contributed by atoms with Gasteiger partial charge in [-0.3, -0.25) is 0 Å². The first kappa shape index (κ1) is 35.6. The van der Waals surface area contributed by atoms with Gasteiger partial charge in [0.15, 0.2) is 0 Å². The van der Waals surface area contributed by atoms with E-state index in [2.05, 4.69) is 241 Å². The number of thiophene rings is 1. The van der Waals surface area contributed by atoms with E-state index in [0.717, 1.165) is 17.1 Å². The first-order chi connectivity index (χ1) is 29.7. The van der Waals surface area contributed by atoms with Gasteiger partial charge in [-0.1, -0.05) is 176 Å². The van der Waals surface area contributed by atoms with Crippen molar-refractivity contribution in [2.45, 2.75) is 0 Å². The molecule has 0 saturated heterocycles. The van der Waals surface area contributed by atoms with Crippen LogP contribution < -0.4 is 4.90 Å². The molecular weight excluding hydrogens is 743 g/mol. The summed E-state index contributed by atoms with van der Waals surface area (Å²) in [4.78, 5) is 2.36. The van der Waals surface area contributed by atoms with E-state index < -0.39 is 0 Å². The Morgan fingerprint density at radius 1 is 0.250 bits per heavy atom. The Hall–Kier alpha value is -7.52. The van der Waals surface area contributed by atoms with Crippen LogP contribution in [0.4, 0.5) is 17.1 Å². The predicted molar refractivity (Wildman–Crippen MR) is 259 cm³/mol. The van der Waals surface area contributed by atoms with Crippen LogP contribution >= 0.6 is 11.3 Å². The summed E-state index contributed by atoms with van der Waals surface area (Å²) >= 11 is 1.86. The Balaban J connectivity index is 0.987. The highest BCUT2D eigenvalue weighted by atomic mass is 32.1. The molecule has 282 valence electrons. The lowest BCUT2D eigenvalue weighted by molar-refractivity contribution is 1.28. The Morgan fingerprint density at radius 2 is 0.733 bits per heavy atom. The number of benzene rings is 10. The number of nitrogens with zero attached hydrogens (tertiary/aromatic N) is 1. The monoisotopic (exact) mass is 781 g/mol. The molecule has 0 amide bonds. The van der Waals surface area contributed by atoms with Crippen molar-refractivity contribution < 1.29 is 0 Å². The average Bonchev–Trinajstić information content (AvgIpc) is 3.71. The molecule has 0 unspecified atom stereocenters. The van der Waals surface area contributed by atoms with Crippen molar-refractivity contribution in [3.8, 4) is 55.6 Å². The van der Waals surface area contributed by atoms with Crippen LogP contribution in [0.5, 0.6) is 0 Å². The predicted octanol–water partition coefficient (Wildman–Crippen LogP) is 17.0. The van der Waals surface area contributed by atoms with Crippen LogP contribution in [0.15, 0.2) is 237 Å². The molecule has 0 atom stereocenters. The number of hydrogen-bond donors (Lipinski definition) is 0. The lowest BCUT2D eigenvalue weighted by atomic mass is 9.90. The molecular formula is C58H39NS. The van der Waals surface area contributed by atoms with Gasteiger partial charge in [-0.2, -0.15) is 0 Å². The third-order valence-corrected chi connectivity index (χ3v) is 12.9. The van der Waals surface area contributed by atoms with Gasteiger partial charge in [0, 0.05) is 37.2 Å². The molecule has 1 aromatic heterocycles. The Kier molecular flexibility index (Phi) is 9.11. The Labute approximate surface area is 354 Å². The summed E-state index contributed by atoms with van der Waals surface area (Å²) in [6.07, 6.45) is 0. The normalized spacial score (nSPS) is 11.3. The fraction of sp³-hybridized carbons (Fsp3) is 0. The molecule has 0 spiro atoms. The van der Waals surface area contributed by atoms with Gasteiger partial charge in [-0.25, -0.2) is 0 Å². The molecule has 1 heterocycles. The average molecular weight is 782 g/mol. The van der Waals surface area contributed by atoms with Crippen LogP contribution in [0.1, 0.15) is 0 Å². The standard InChI is InChI=1S/C58H39NS/c1-3-12-40(13-4-1)41-22-30-48(31-23-41)59(50-34-26-45(27-35-50)52-20-11-17-44-16-7-8-18-51(44)52)49-32-24-42(25-33-49)46-28-36-53(43-14-5-2-6-15-43)55(38-46)47-29-37-58-56(39-47)54-19-9-10-21-57(54)60-58/h1-39H. The summed E-state index contributed by atoms with van der Waals surface area (Å²) in [6.45, 7) is 0. The molecule has 0 fully saturated rings. The van der Waals surface area contributed by atoms with E-state index in [4.69, 9.17) is 0 Å². The van der Waals surface area contributed by atoms with Crippen LogP contribution in [0.3, 0.4) is 0 Å². The minimum absolute atomic E-state index is 1.10. The van der Waals surface area contributed by atoms with Crippen LogP contribution in [-0.4, -0.2) is 0 Å². The molecule has 1 nitrogen and oxygen atoms in total.